The molecule has 0 unspecified atom stereocenters. The molecule has 0 amide bonds. The lowest BCUT2D eigenvalue weighted by Crippen LogP contribution is -2.34. The zero-order valence-corrected chi connectivity index (χ0v) is 19.8. The molecule has 0 saturated carbocycles. The summed E-state index contributed by atoms with van der Waals surface area (Å²) >= 11 is 6.70. The Bertz CT molecular complexity index is 1360. The van der Waals surface area contributed by atoms with Gasteiger partial charge in [0.15, 0.2) is 0 Å². The van der Waals surface area contributed by atoms with Gasteiger partial charge in [0.2, 0.25) is 0 Å². The van der Waals surface area contributed by atoms with Crippen molar-refractivity contribution in [3.05, 3.63) is 99.2 Å². The van der Waals surface area contributed by atoms with Crippen molar-refractivity contribution in [3.63, 3.8) is 0 Å². The van der Waals surface area contributed by atoms with E-state index < -0.39 is 0 Å². The number of aryl methyl sites for hydroxylation is 2. The fraction of sp³-hybridized carbons (Fsp3) is 0.286. The van der Waals surface area contributed by atoms with Crippen molar-refractivity contribution in [3.8, 4) is 5.69 Å². The van der Waals surface area contributed by atoms with Crippen LogP contribution in [-0.2, 0) is 6.42 Å². The molecule has 4 aromatic rings. The maximum atomic E-state index is 12.5. The molecule has 0 radical (unpaired) electrons. The third-order valence-electron chi connectivity index (χ3n) is 6.75. The zero-order chi connectivity index (χ0) is 22.9. The van der Waals surface area contributed by atoms with Crippen LogP contribution in [0.25, 0.3) is 16.5 Å². The number of nitrogens with zero attached hydrogens (tertiary/aromatic N) is 3. The molecule has 0 atom stereocenters. The number of anilines is 1. The van der Waals surface area contributed by atoms with Crippen LogP contribution >= 0.6 is 11.6 Å². The number of aromatic nitrogens is 2. The Hall–Kier alpha value is -3.11. The first-order chi connectivity index (χ1) is 16.0. The van der Waals surface area contributed by atoms with Gasteiger partial charge in [0.1, 0.15) is 5.82 Å². The maximum absolute atomic E-state index is 12.5. The van der Waals surface area contributed by atoms with Gasteiger partial charge in [-0.15, -0.1) is 0 Å². The van der Waals surface area contributed by atoms with Gasteiger partial charge in [-0.1, -0.05) is 54.1 Å². The lowest BCUT2D eigenvalue weighted by Gasteiger charge is -2.34. The molecule has 1 aromatic heterocycles. The van der Waals surface area contributed by atoms with E-state index in [1.165, 1.54) is 16.3 Å². The van der Waals surface area contributed by atoms with Gasteiger partial charge >= 0.3 is 0 Å². The first-order valence-electron chi connectivity index (χ1n) is 11.6. The molecule has 3 aromatic carbocycles. The summed E-state index contributed by atoms with van der Waals surface area (Å²) in [5.74, 6) is 1.34. The van der Waals surface area contributed by atoms with E-state index in [-0.39, 0.29) is 5.56 Å². The molecular formula is C28H28ClN3O. The van der Waals surface area contributed by atoms with Crippen LogP contribution in [0.5, 0.6) is 0 Å². The Morgan fingerprint density at radius 2 is 1.73 bits per heavy atom. The van der Waals surface area contributed by atoms with Crippen LogP contribution in [0, 0.1) is 19.8 Å². The Morgan fingerprint density at radius 3 is 2.48 bits per heavy atom. The molecule has 1 fully saturated rings. The van der Waals surface area contributed by atoms with Crippen LogP contribution in [0.2, 0.25) is 5.02 Å². The van der Waals surface area contributed by atoms with E-state index >= 15 is 0 Å². The SMILES string of the molecule is Cc1cc(=O)n(-c2ccc(N3CCC(Cc4cccc5ccccc45)CC3)c(Cl)c2)c(C)n1. The number of piperidine rings is 1. The summed E-state index contributed by atoms with van der Waals surface area (Å²) in [5, 5.41) is 3.36. The van der Waals surface area contributed by atoms with Gasteiger partial charge in [-0.3, -0.25) is 9.36 Å². The minimum atomic E-state index is -0.0851. The summed E-state index contributed by atoms with van der Waals surface area (Å²) in [6.07, 6.45) is 3.40. The third-order valence-corrected chi connectivity index (χ3v) is 7.05. The minimum Gasteiger partial charge on any atom is -0.370 e. The summed E-state index contributed by atoms with van der Waals surface area (Å²) in [6.45, 7) is 5.65. The molecule has 1 aliphatic rings. The van der Waals surface area contributed by atoms with Crippen LogP contribution in [0.1, 0.15) is 29.9 Å². The molecule has 0 bridgehead atoms. The smallest absolute Gasteiger partial charge is 0.258 e. The summed E-state index contributed by atoms with van der Waals surface area (Å²) in [4.78, 5) is 19.3. The van der Waals surface area contributed by atoms with Gasteiger partial charge < -0.3 is 4.90 Å². The van der Waals surface area contributed by atoms with E-state index in [1.807, 2.05) is 32.0 Å². The Labute approximate surface area is 199 Å². The molecule has 2 heterocycles. The second kappa shape index (κ2) is 9.03. The number of hydrogen-bond donors (Lipinski definition) is 0. The first-order valence-corrected chi connectivity index (χ1v) is 12.0. The van der Waals surface area contributed by atoms with Crippen molar-refractivity contribution >= 4 is 28.1 Å². The van der Waals surface area contributed by atoms with Crippen LogP contribution in [-0.4, -0.2) is 22.6 Å². The number of rotatable bonds is 4. The lowest BCUT2D eigenvalue weighted by molar-refractivity contribution is 0.404. The lowest BCUT2D eigenvalue weighted by atomic mass is 9.88. The van der Waals surface area contributed by atoms with Gasteiger partial charge in [-0.25, -0.2) is 4.98 Å². The van der Waals surface area contributed by atoms with E-state index in [4.69, 9.17) is 11.6 Å². The van der Waals surface area contributed by atoms with Crippen molar-refractivity contribution in [2.75, 3.05) is 18.0 Å². The molecule has 1 aliphatic heterocycles. The average molecular weight is 458 g/mol. The highest BCUT2D eigenvalue weighted by molar-refractivity contribution is 6.33. The zero-order valence-electron chi connectivity index (χ0n) is 19.1. The van der Waals surface area contributed by atoms with Crippen molar-refractivity contribution in [1.29, 1.82) is 0 Å². The van der Waals surface area contributed by atoms with Crippen molar-refractivity contribution in [2.24, 2.45) is 5.92 Å². The molecule has 33 heavy (non-hydrogen) atoms. The molecule has 0 spiro atoms. The van der Waals surface area contributed by atoms with Gasteiger partial charge in [-0.05, 0) is 73.6 Å². The van der Waals surface area contributed by atoms with E-state index in [0.29, 0.717) is 16.8 Å². The quantitative estimate of drug-likeness (QED) is 0.370. The van der Waals surface area contributed by atoms with Crippen LogP contribution in [0.4, 0.5) is 5.69 Å². The number of benzene rings is 3. The topological polar surface area (TPSA) is 38.1 Å². The van der Waals surface area contributed by atoms with Crippen molar-refractivity contribution < 1.29 is 0 Å². The van der Waals surface area contributed by atoms with Crippen molar-refractivity contribution in [1.82, 2.24) is 9.55 Å². The van der Waals surface area contributed by atoms with E-state index in [1.54, 1.807) is 10.6 Å². The molecule has 5 heteroatoms. The highest BCUT2D eigenvalue weighted by Gasteiger charge is 2.22. The highest BCUT2D eigenvalue weighted by Crippen LogP contribution is 2.33. The number of hydrogen-bond acceptors (Lipinski definition) is 3. The van der Waals surface area contributed by atoms with E-state index in [2.05, 4.69) is 52.3 Å². The van der Waals surface area contributed by atoms with Crippen molar-refractivity contribution in [2.45, 2.75) is 33.1 Å². The number of halogens is 1. The Balaban J connectivity index is 1.30. The summed E-state index contributed by atoms with van der Waals surface area (Å²) in [7, 11) is 0. The van der Waals surface area contributed by atoms with Gasteiger partial charge in [0, 0.05) is 24.8 Å². The van der Waals surface area contributed by atoms with Gasteiger partial charge in [-0.2, -0.15) is 0 Å². The minimum absolute atomic E-state index is 0.0851. The van der Waals surface area contributed by atoms with Crippen LogP contribution in [0.15, 0.2) is 71.5 Å². The van der Waals surface area contributed by atoms with Gasteiger partial charge in [0.05, 0.1) is 16.4 Å². The average Bonchev–Trinajstić information content (AvgIpc) is 2.79. The standard InChI is InChI=1S/C28H28ClN3O/c1-19-16-28(33)32(20(2)30-19)24-10-11-27(26(29)18-24)31-14-12-21(13-15-31)17-23-8-5-7-22-6-3-4-9-25(22)23/h3-11,16,18,21H,12-15,17H2,1-2H3. The molecular weight excluding hydrogens is 430 g/mol. The molecule has 5 rings (SSSR count). The molecule has 0 N–H and O–H groups in total. The fourth-order valence-corrected chi connectivity index (χ4v) is 5.40. The van der Waals surface area contributed by atoms with Gasteiger partial charge in [0.25, 0.3) is 5.56 Å². The summed E-state index contributed by atoms with van der Waals surface area (Å²) < 4.78 is 1.61. The first kappa shape index (κ1) is 21.7. The van der Waals surface area contributed by atoms with E-state index in [0.717, 1.165) is 49.4 Å². The van der Waals surface area contributed by atoms with Crippen LogP contribution < -0.4 is 10.5 Å². The second-order valence-corrected chi connectivity index (χ2v) is 9.43. The Kier molecular flexibility index (Phi) is 5.94. The normalized spacial score (nSPS) is 14.7. The monoisotopic (exact) mass is 457 g/mol. The maximum Gasteiger partial charge on any atom is 0.258 e. The molecule has 0 aliphatic carbocycles. The molecule has 1 saturated heterocycles. The summed E-state index contributed by atoms with van der Waals surface area (Å²) in [6, 6.07) is 22.7. The predicted molar refractivity (Wildman–Crippen MR) is 137 cm³/mol. The van der Waals surface area contributed by atoms with E-state index in [9.17, 15) is 4.79 Å². The highest BCUT2D eigenvalue weighted by atomic mass is 35.5. The Morgan fingerprint density at radius 1 is 0.970 bits per heavy atom. The summed E-state index contributed by atoms with van der Waals surface area (Å²) in [5.41, 5.74) is 3.88. The number of fused-ring (bicyclic) bond motifs is 1. The largest absolute Gasteiger partial charge is 0.370 e. The predicted octanol–water partition coefficient (Wildman–Crippen LogP) is 6.12. The third kappa shape index (κ3) is 4.40. The fourth-order valence-electron chi connectivity index (χ4n) is 5.11. The van der Waals surface area contributed by atoms with Crippen LogP contribution in [0.3, 0.4) is 0 Å². The molecule has 168 valence electrons. The second-order valence-electron chi connectivity index (χ2n) is 9.03. The molecule has 4 nitrogen and oxygen atoms in total.